The van der Waals surface area contributed by atoms with Gasteiger partial charge in [0, 0.05) is 17.4 Å². The van der Waals surface area contributed by atoms with Crippen LogP contribution in [0.1, 0.15) is 24.8 Å². The predicted octanol–water partition coefficient (Wildman–Crippen LogP) is 4.23. The molecule has 31 heavy (non-hydrogen) atoms. The van der Waals surface area contributed by atoms with Gasteiger partial charge in [-0.3, -0.25) is 4.79 Å². The first kappa shape index (κ1) is 21.8. The third-order valence-corrected chi connectivity index (χ3v) is 6.94. The zero-order valence-corrected chi connectivity index (χ0v) is 19.3. The Kier molecular flexibility index (Phi) is 6.92. The fourth-order valence-electron chi connectivity index (χ4n) is 4.48. The summed E-state index contributed by atoms with van der Waals surface area (Å²) in [4.78, 5) is 28.8. The van der Waals surface area contributed by atoms with Gasteiger partial charge in [-0.2, -0.15) is 0 Å². The van der Waals surface area contributed by atoms with Gasteiger partial charge >= 0.3 is 6.03 Å². The number of imide groups is 1. The van der Waals surface area contributed by atoms with Gasteiger partial charge < -0.3 is 15.0 Å². The molecule has 2 saturated heterocycles. The number of benzene rings is 2. The molecule has 0 aromatic heterocycles. The van der Waals surface area contributed by atoms with E-state index in [9.17, 15) is 9.59 Å². The molecule has 4 rings (SSSR count). The standard InChI is InChI=1S/C24H28BrN3O3/c1-31-21-7-8-22(25)18(14-21)13-17-9-11-27(12-10-17)16-19-15-23(29)28(24(30)26-19)20-5-3-2-4-6-20/h2-8,14,17,19H,9-13,15-16H2,1H3,(H,26,30). The van der Waals surface area contributed by atoms with E-state index in [2.05, 4.69) is 32.2 Å². The number of urea groups is 1. The summed E-state index contributed by atoms with van der Waals surface area (Å²) in [6, 6.07) is 14.8. The fraction of sp³-hybridized carbons (Fsp3) is 0.417. The van der Waals surface area contributed by atoms with Gasteiger partial charge in [-0.15, -0.1) is 0 Å². The Balaban J connectivity index is 1.28. The normalized spacial score (nSPS) is 20.6. The summed E-state index contributed by atoms with van der Waals surface area (Å²) in [6.45, 7) is 2.68. The molecular formula is C24H28BrN3O3. The summed E-state index contributed by atoms with van der Waals surface area (Å²) >= 11 is 3.65. The van der Waals surface area contributed by atoms with Gasteiger partial charge in [0.15, 0.2) is 0 Å². The van der Waals surface area contributed by atoms with E-state index in [1.165, 1.54) is 10.5 Å². The molecule has 1 unspecified atom stereocenters. The third kappa shape index (κ3) is 5.28. The van der Waals surface area contributed by atoms with Crippen LogP contribution < -0.4 is 15.0 Å². The summed E-state index contributed by atoms with van der Waals surface area (Å²) in [5, 5.41) is 3.02. The number of piperidine rings is 1. The Labute approximate surface area is 191 Å². The summed E-state index contributed by atoms with van der Waals surface area (Å²) in [5.74, 6) is 1.37. The second-order valence-corrected chi connectivity index (χ2v) is 9.18. The number of hydrogen-bond acceptors (Lipinski definition) is 4. The van der Waals surface area contributed by atoms with Crippen LogP contribution in [0.25, 0.3) is 0 Å². The number of carbonyl (C=O) groups excluding carboxylic acids is 2. The fourth-order valence-corrected chi connectivity index (χ4v) is 4.89. The highest BCUT2D eigenvalue weighted by Gasteiger charge is 2.34. The number of nitrogens with zero attached hydrogens (tertiary/aromatic N) is 2. The Morgan fingerprint density at radius 1 is 1.10 bits per heavy atom. The molecule has 1 atom stereocenters. The number of amides is 3. The quantitative estimate of drug-likeness (QED) is 0.664. The van der Waals surface area contributed by atoms with Gasteiger partial charge in [0.2, 0.25) is 5.91 Å². The van der Waals surface area contributed by atoms with Crippen molar-refractivity contribution >= 4 is 33.6 Å². The molecule has 2 aliphatic rings. The van der Waals surface area contributed by atoms with Crippen LogP contribution >= 0.6 is 15.9 Å². The molecule has 0 bridgehead atoms. The summed E-state index contributed by atoms with van der Waals surface area (Å²) < 4.78 is 6.49. The topological polar surface area (TPSA) is 61.9 Å². The number of halogens is 1. The zero-order valence-electron chi connectivity index (χ0n) is 17.7. The number of likely N-dealkylation sites (tertiary alicyclic amines) is 1. The first-order valence-electron chi connectivity index (χ1n) is 10.8. The van der Waals surface area contributed by atoms with Crippen molar-refractivity contribution in [3.63, 3.8) is 0 Å². The number of para-hydroxylation sites is 1. The number of carbonyl (C=O) groups is 2. The van der Waals surface area contributed by atoms with E-state index in [1.807, 2.05) is 30.3 Å². The van der Waals surface area contributed by atoms with Gasteiger partial charge in [0.25, 0.3) is 0 Å². The van der Waals surface area contributed by atoms with Gasteiger partial charge in [-0.05, 0) is 74.2 Å². The van der Waals surface area contributed by atoms with Crippen LogP contribution in [0.3, 0.4) is 0 Å². The molecule has 0 saturated carbocycles. The molecule has 2 aliphatic heterocycles. The Morgan fingerprint density at radius 3 is 2.52 bits per heavy atom. The highest BCUT2D eigenvalue weighted by Crippen LogP contribution is 2.29. The first-order valence-corrected chi connectivity index (χ1v) is 11.6. The van der Waals surface area contributed by atoms with E-state index < -0.39 is 0 Å². The Bertz CT molecular complexity index is 911. The molecular weight excluding hydrogens is 458 g/mol. The predicted molar refractivity (Wildman–Crippen MR) is 124 cm³/mol. The molecule has 3 amide bonds. The van der Waals surface area contributed by atoms with Crippen LogP contribution in [0.4, 0.5) is 10.5 Å². The van der Waals surface area contributed by atoms with E-state index >= 15 is 0 Å². The lowest BCUT2D eigenvalue weighted by Gasteiger charge is -2.37. The molecule has 7 heteroatoms. The van der Waals surface area contributed by atoms with Crippen molar-refractivity contribution in [2.24, 2.45) is 5.92 Å². The van der Waals surface area contributed by atoms with E-state index in [-0.39, 0.29) is 18.0 Å². The van der Waals surface area contributed by atoms with Gasteiger partial charge in [-0.1, -0.05) is 34.1 Å². The molecule has 0 radical (unpaired) electrons. The third-order valence-electron chi connectivity index (χ3n) is 6.16. The van der Waals surface area contributed by atoms with E-state index in [0.29, 0.717) is 18.0 Å². The first-order chi connectivity index (χ1) is 15.0. The van der Waals surface area contributed by atoms with Crippen molar-refractivity contribution in [2.75, 3.05) is 31.6 Å². The van der Waals surface area contributed by atoms with Crippen LogP contribution in [0.2, 0.25) is 0 Å². The van der Waals surface area contributed by atoms with Crippen molar-refractivity contribution in [3.05, 3.63) is 58.6 Å². The monoisotopic (exact) mass is 485 g/mol. The lowest BCUT2D eigenvalue weighted by atomic mass is 9.90. The SMILES string of the molecule is COc1ccc(Br)c(CC2CCN(CC3CC(=O)N(c4ccccc4)C(=O)N3)CC2)c1. The van der Waals surface area contributed by atoms with Crippen molar-refractivity contribution in [1.29, 1.82) is 0 Å². The molecule has 1 N–H and O–H groups in total. The lowest BCUT2D eigenvalue weighted by Crippen LogP contribution is -2.58. The Hall–Kier alpha value is -2.38. The maximum atomic E-state index is 12.6. The molecule has 2 heterocycles. The lowest BCUT2D eigenvalue weighted by molar-refractivity contribution is -0.119. The number of methoxy groups -OCH3 is 1. The second kappa shape index (κ2) is 9.83. The van der Waals surface area contributed by atoms with Crippen LogP contribution in [0.15, 0.2) is 53.0 Å². The van der Waals surface area contributed by atoms with Crippen molar-refractivity contribution in [2.45, 2.75) is 31.7 Å². The maximum Gasteiger partial charge on any atom is 0.329 e. The molecule has 164 valence electrons. The van der Waals surface area contributed by atoms with E-state index in [1.54, 1.807) is 19.2 Å². The van der Waals surface area contributed by atoms with Crippen LogP contribution in [-0.4, -0.2) is 49.6 Å². The van der Waals surface area contributed by atoms with Crippen molar-refractivity contribution in [3.8, 4) is 5.75 Å². The number of ether oxygens (including phenoxy) is 1. The summed E-state index contributed by atoms with van der Waals surface area (Å²) in [5.41, 5.74) is 1.90. The number of nitrogens with one attached hydrogen (secondary N) is 1. The van der Waals surface area contributed by atoms with Gasteiger partial charge in [0.05, 0.1) is 18.8 Å². The zero-order chi connectivity index (χ0) is 21.8. The molecule has 0 aliphatic carbocycles. The smallest absolute Gasteiger partial charge is 0.329 e. The highest BCUT2D eigenvalue weighted by atomic mass is 79.9. The average Bonchev–Trinajstić information content (AvgIpc) is 2.77. The minimum atomic E-state index is -0.329. The highest BCUT2D eigenvalue weighted by molar-refractivity contribution is 9.10. The molecule has 2 aromatic carbocycles. The van der Waals surface area contributed by atoms with Crippen LogP contribution in [0.5, 0.6) is 5.75 Å². The minimum absolute atomic E-state index is 0.135. The largest absolute Gasteiger partial charge is 0.497 e. The summed E-state index contributed by atoms with van der Waals surface area (Å²) in [7, 11) is 1.69. The minimum Gasteiger partial charge on any atom is -0.497 e. The van der Waals surface area contributed by atoms with Crippen LogP contribution in [0, 0.1) is 5.92 Å². The molecule has 2 aromatic rings. The number of rotatable bonds is 6. The number of hydrogen-bond donors (Lipinski definition) is 1. The second-order valence-electron chi connectivity index (χ2n) is 8.32. The maximum absolute atomic E-state index is 12.6. The van der Waals surface area contributed by atoms with Crippen molar-refractivity contribution < 1.29 is 14.3 Å². The molecule has 6 nitrogen and oxygen atoms in total. The molecule has 0 spiro atoms. The van der Waals surface area contributed by atoms with Gasteiger partial charge in [0.1, 0.15) is 5.75 Å². The Morgan fingerprint density at radius 2 is 1.84 bits per heavy atom. The molecule has 2 fully saturated rings. The van der Waals surface area contributed by atoms with Crippen molar-refractivity contribution in [1.82, 2.24) is 10.2 Å². The van der Waals surface area contributed by atoms with Crippen LogP contribution in [-0.2, 0) is 11.2 Å². The van der Waals surface area contributed by atoms with Gasteiger partial charge in [-0.25, -0.2) is 9.69 Å². The summed E-state index contributed by atoms with van der Waals surface area (Å²) in [6.07, 6.45) is 3.57. The van der Waals surface area contributed by atoms with E-state index in [0.717, 1.165) is 49.1 Å². The van der Waals surface area contributed by atoms with E-state index in [4.69, 9.17) is 4.74 Å². The average molecular weight is 486 g/mol. The number of anilines is 1.